The van der Waals surface area contributed by atoms with Crippen LogP contribution in [0.1, 0.15) is 50.7 Å². The molecule has 4 rings (SSSR count). The van der Waals surface area contributed by atoms with Crippen molar-refractivity contribution in [2.75, 3.05) is 10.7 Å². The molecule has 1 aromatic carbocycles. The molecule has 0 amide bonds. The Kier molecular flexibility index (Phi) is 5.76. The normalized spacial score (nSPS) is 20.7. The third kappa shape index (κ3) is 3.81. The highest BCUT2D eigenvalue weighted by molar-refractivity contribution is 8.01. The first-order valence-electron chi connectivity index (χ1n) is 10.5. The predicted molar refractivity (Wildman–Crippen MR) is 129 cm³/mol. The SMILES string of the molecule is CCSc1sccc1[C@H]1C(C#N)=C(N)N(c2cccc(C)c2)C2=C1C(=O)CC(C)(C)C2. The van der Waals surface area contributed by atoms with E-state index in [-0.39, 0.29) is 11.2 Å². The Morgan fingerprint density at radius 2 is 2.10 bits per heavy atom. The number of carbonyl (C=O) groups is 1. The van der Waals surface area contributed by atoms with E-state index in [9.17, 15) is 10.1 Å². The minimum Gasteiger partial charge on any atom is -0.384 e. The molecule has 1 atom stereocenters. The van der Waals surface area contributed by atoms with Crippen LogP contribution in [0, 0.1) is 23.7 Å². The second kappa shape index (κ2) is 8.22. The van der Waals surface area contributed by atoms with Gasteiger partial charge in [-0.05, 0) is 59.2 Å². The van der Waals surface area contributed by atoms with Crippen LogP contribution in [0.15, 0.2) is 62.6 Å². The fourth-order valence-corrected chi connectivity index (χ4v) is 6.72. The fraction of sp³-hybridized carbons (Fsp3) is 0.360. The predicted octanol–water partition coefficient (Wildman–Crippen LogP) is 6.11. The van der Waals surface area contributed by atoms with Crippen molar-refractivity contribution < 1.29 is 4.79 Å². The van der Waals surface area contributed by atoms with Gasteiger partial charge >= 0.3 is 0 Å². The summed E-state index contributed by atoms with van der Waals surface area (Å²) in [5.41, 5.74) is 11.7. The average Bonchev–Trinajstić information content (AvgIpc) is 3.14. The number of thiophene rings is 1. The molecular formula is C25H27N3OS2. The van der Waals surface area contributed by atoms with Crippen LogP contribution in [-0.4, -0.2) is 11.5 Å². The summed E-state index contributed by atoms with van der Waals surface area (Å²) in [5.74, 6) is 1.09. The zero-order valence-corrected chi connectivity index (χ0v) is 20.0. The zero-order chi connectivity index (χ0) is 22.3. The van der Waals surface area contributed by atoms with Crippen molar-refractivity contribution in [2.45, 2.75) is 50.7 Å². The van der Waals surface area contributed by atoms with E-state index in [4.69, 9.17) is 5.73 Å². The number of rotatable bonds is 4. The number of ketones is 1. The first-order chi connectivity index (χ1) is 14.8. The first kappa shape index (κ1) is 21.7. The largest absolute Gasteiger partial charge is 0.384 e. The summed E-state index contributed by atoms with van der Waals surface area (Å²) >= 11 is 3.42. The van der Waals surface area contributed by atoms with E-state index in [0.717, 1.165) is 44.5 Å². The van der Waals surface area contributed by atoms with Gasteiger partial charge in [-0.3, -0.25) is 9.69 Å². The van der Waals surface area contributed by atoms with Crippen molar-refractivity contribution in [3.63, 3.8) is 0 Å². The minimum absolute atomic E-state index is 0.118. The maximum Gasteiger partial charge on any atom is 0.162 e. The van der Waals surface area contributed by atoms with E-state index >= 15 is 0 Å². The number of anilines is 1. The molecule has 160 valence electrons. The van der Waals surface area contributed by atoms with Crippen LogP contribution in [0.25, 0.3) is 0 Å². The lowest BCUT2D eigenvalue weighted by molar-refractivity contribution is -0.118. The molecular weight excluding hydrogens is 422 g/mol. The smallest absolute Gasteiger partial charge is 0.162 e. The van der Waals surface area contributed by atoms with Gasteiger partial charge in [0.15, 0.2) is 5.78 Å². The minimum atomic E-state index is -0.398. The quantitative estimate of drug-likeness (QED) is 0.570. The average molecular weight is 450 g/mol. The number of Topliss-reactive ketones (excluding diaryl/α,β-unsaturated/α-hetero) is 1. The third-order valence-electron chi connectivity index (χ3n) is 5.89. The molecule has 4 nitrogen and oxygen atoms in total. The molecule has 2 N–H and O–H groups in total. The van der Waals surface area contributed by atoms with Gasteiger partial charge in [0.05, 0.1) is 21.8 Å². The molecule has 1 aliphatic heterocycles. The van der Waals surface area contributed by atoms with E-state index in [2.05, 4.69) is 39.0 Å². The maximum atomic E-state index is 13.6. The number of hydrogen-bond donors (Lipinski definition) is 1. The van der Waals surface area contributed by atoms with Gasteiger partial charge in [0.2, 0.25) is 0 Å². The zero-order valence-electron chi connectivity index (χ0n) is 18.4. The molecule has 1 aromatic heterocycles. The number of aryl methyl sites for hydroxylation is 1. The van der Waals surface area contributed by atoms with Crippen molar-refractivity contribution in [2.24, 2.45) is 11.1 Å². The Labute approximate surface area is 192 Å². The van der Waals surface area contributed by atoms with Crippen molar-refractivity contribution in [3.8, 4) is 6.07 Å². The fourth-order valence-electron chi connectivity index (χ4n) is 4.65. The van der Waals surface area contributed by atoms with Gasteiger partial charge in [0.25, 0.3) is 0 Å². The summed E-state index contributed by atoms with van der Waals surface area (Å²) in [7, 11) is 0. The molecule has 6 heteroatoms. The van der Waals surface area contributed by atoms with E-state index in [1.165, 1.54) is 0 Å². The Morgan fingerprint density at radius 3 is 2.77 bits per heavy atom. The first-order valence-corrected chi connectivity index (χ1v) is 12.4. The van der Waals surface area contributed by atoms with Gasteiger partial charge in [-0.25, -0.2) is 0 Å². The summed E-state index contributed by atoms with van der Waals surface area (Å²) in [6.07, 6.45) is 1.21. The van der Waals surface area contributed by atoms with Crippen LogP contribution < -0.4 is 10.6 Å². The van der Waals surface area contributed by atoms with Crippen molar-refractivity contribution in [1.29, 1.82) is 5.26 Å². The van der Waals surface area contributed by atoms with Gasteiger partial charge in [-0.2, -0.15) is 5.26 Å². The molecule has 0 fully saturated rings. The lowest BCUT2D eigenvalue weighted by Crippen LogP contribution is -2.42. The molecule has 31 heavy (non-hydrogen) atoms. The third-order valence-corrected chi connectivity index (χ3v) is 8.04. The highest BCUT2D eigenvalue weighted by atomic mass is 32.2. The number of benzene rings is 1. The van der Waals surface area contributed by atoms with Crippen LogP contribution in [-0.2, 0) is 4.79 Å². The number of nitrogens with two attached hydrogens (primary N) is 1. The highest BCUT2D eigenvalue weighted by Crippen LogP contribution is 2.52. The lowest BCUT2D eigenvalue weighted by Gasteiger charge is -2.43. The topological polar surface area (TPSA) is 70.1 Å². The highest BCUT2D eigenvalue weighted by Gasteiger charge is 2.45. The summed E-state index contributed by atoms with van der Waals surface area (Å²) in [6.45, 7) is 8.40. The van der Waals surface area contributed by atoms with Crippen LogP contribution in [0.3, 0.4) is 0 Å². The van der Waals surface area contributed by atoms with Crippen LogP contribution in [0.5, 0.6) is 0 Å². The molecule has 2 aliphatic rings. The van der Waals surface area contributed by atoms with Crippen molar-refractivity contribution in [1.82, 2.24) is 0 Å². The molecule has 0 radical (unpaired) electrons. The Bertz CT molecular complexity index is 1150. The molecule has 2 aromatic rings. The summed E-state index contributed by atoms with van der Waals surface area (Å²) in [4.78, 5) is 15.5. The number of nitrogens with zero attached hydrogens (tertiary/aromatic N) is 2. The van der Waals surface area contributed by atoms with Gasteiger partial charge < -0.3 is 5.73 Å². The molecule has 1 aliphatic carbocycles. The number of nitriles is 1. The van der Waals surface area contributed by atoms with Gasteiger partial charge in [-0.15, -0.1) is 23.1 Å². The molecule has 0 saturated carbocycles. The number of hydrogen-bond acceptors (Lipinski definition) is 6. The second-order valence-electron chi connectivity index (χ2n) is 8.92. The van der Waals surface area contributed by atoms with Gasteiger partial charge in [-0.1, -0.05) is 32.9 Å². The van der Waals surface area contributed by atoms with Gasteiger partial charge in [0.1, 0.15) is 5.82 Å². The van der Waals surface area contributed by atoms with Crippen LogP contribution in [0.2, 0.25) is 0 Å². The van der Waals surface area contributed by atoms with Crippen LogP contribution >= 0.6 is 23.1 Å². The Hall–Kier alpha value is -2.49. The standard InChI is InChI=1S/C25H27N3OS2/c1-5-30-24-17(9-10-31-24)21-18(14-26)23(27)28(16-8-6-7-15(2)11-16)19-12-25(3,4)13-20(29)22(19)21/h6-11,21H,5,12-13,27H2,1-4H3/t21-/m0/s1. The van der Waals surface area contributed by atoms with E-state index < -0.39 is 5.92 Å². The Balaban J connectivity index is 2.00. The molecule has 0 spiro atoms. The number of carbonyl (C=O) groups excluding carboxylic acids is 1. The molecule has 0 saturated heterocycles. The summed E-state index contributed by atoms with van der Waals surface area (Å²) in [5, 5.41) is 12.2. The second-order valence-corrected chi connectivity index (χ2v) is 11.4. The lowest BCUT2D eigenvalue weighted by atomic mass is 9.69. The van der Waals surface area contributed by atoms with E-state index in [1.54, 1.807) is 23.1 Å². The van der Waals surface area contributed by atoms with Gasteiger partial charge in [0, 0.05) is 23.4 Å². The Morgan fingerprint density at radius 1 is 1.32 bits per heavy atom. The summed E-state index contributed by atoms with van der Waals surface area (Å²) in [6, 6.07) is 12.5. The molecule has 2 heterocycles. The monoisotopic (exact) mass is 449 g/mol. The van der Waals surface area contributed by atoms with Crippen LogP contribution in [0.4, 0.5) is 5.69 Å². The molecule has 0 unspecified atom stereocenters. The van der Waals surface area contributed by atoms with Crippen molar-refractivity contribution in [3.05, 3.63) is 69.5 Å². The van der Waals surface area contributed by atoms with E-state index in [0.29, 0.717) is 17.8 Å². The number of allylic oxidation sites excluding steroid dienone is 3. The number of thioether (sulfide) groups is 1. The maximum absolute atomic E-state index is 13.6. The van der Waals surface area contributed by atoms with Crippen molar-refractivity contribution >= 4 is 34.6 Å². The van der Waals surface area contributed by atoms with E-state index in [1.807, 2.05) is 35.4 Å². The molecule has 0 bridgehead atoms. The summed E-state index contributed by atoms with van der Waals surface area (Å²) < 4.78 is 1.15.